The van der Waals surface area contributed by atoms with Gasteiger partial charge in [0.2, 0.25) is 0 Å². The first-order valence-corrected chi connectivity index (χ1v) is 9.70. The smallest absolute Gasteiger partial charge is 0.273 e. The van der Waals surface area contributed by atoms with Crippen LogP contribution in [-0.4, -0.2) is 26.1 Å². The maximum Gasteiger partial charge on any atom is 0.273 e. The summed E-state index contributed by atoms with van der Waals surface area (Å²) in [6, 6.07) is 20.6. The van der Waals surface area contributed by atoms with Crippen LogP contribution >= 0.6 is 0 Å². The van der Waals surface area contributed by atoms with Crippen molar-refractivity contribution in [1.29, 1.82) is 0 Å². The first kappa shape index (κ1) is 18.6. The van der Waals surface area contributed by atoms with Crippen LogP contribution in [0.3, 0.4) is 0 Å². The third-order valence-corrected chi connectivity index (χ3v) is 5.44. The quantitative estimate of drug-likeness (QED) is 0.394. The Balaban J connectivity index is 1.71. The number of nitrogens with one attached hydrogen (secondary N) is 2. The predicted molar refractivity (Wildman–Crippen MR) is 122 cm³/mol. The molecule has 7 nitrogen and oxygen atoms in total. The second kappa shape index (κ2) is 7.14. The van der Waals surface area contributed by atoms with E-state index in [-0.39, 0.29) is 22.6 Å². The van der Waals surface area contributed by atoms with Crippen LogP contribution in [0.4, 0.5) is 5.69 Å². The molecule has 2 aromatic heterocycles. The van der Waals surface area contributed by atoms with Crippen LogP contribution in [0.15, 0.2) is 81.3 Å². The highest BCUT2D eigenvalue weighted by Gasteiger charge is 2.21. The van der Waals surface area contributed by atoms with Crippen LogP contribution in [-0.2, 0) is 7.05 Å². The number of benzene rings is 3. The minimum Gasteiger partial charge on any atom is -0.506 e. The summed E-state index contributed by atoms with van der Waals surface area (Å²) in [4.78, 5) is 30.1. The Kier molecular flexibility index (Phi) is 4.29. The number of aryl methyl sites for hydroxylation is 1. The molecule has 0 aliphatic rings. The summed E-state index contributed by atoms with van der Waals surface area (Å²) < 4.78 is 1.45. The fourth-order valence-electron chi connectivity index (χ4n) is 3.85. The van der Waals surface area contributed by atoms with Gasteiger partial charge in [0.15, 0.2) is 0 Å². The van der Waals surface area contributed by atoms with Gasteiger partial charge in [0.25, 0.3) is 11.1 Å². The van der Waals surface area contributed by atoms with Gasteiger partial charge in [-0.25, -0.2) is 0 Å². The van der Waals surface area contributed by atoms with Gasteiger partial charge in [0.1, 0.15) is 11.3 Å². The van der Waals surface area contributed by atoms with Crippen LogP contribution in [0.5, 0.6) is 5.75 Å². The van der Waals surface area contributed by atoms with E-state index >= 15 is 0 Å². The maximum absolute atomic E-state index is 13.0. The molecule has 0 spiro atoms. The third kappa shape index (κ3) is 2.95. The number of aromatic hydroxyl groups is 1. The fourth-order valence-corrected chi connectivity index (χ4v) is 3.85. The van der Waals surface area contributed by atoms with Crippen molar-refractivity contribution in [1.82, 2.24) is 14.8 Å². The van der Waals surface area contributed by atoms with E-state index in [0.29, 0.717) is 16.6 Å². The third-order valence-electron chi connectivity index (χ3n) is 5.44. The first-order valence-electron chi connectivity index (χ1n) is 9.70. The van der Waals surface area contributed by atoms with Crippen LogP contribution in [0, 0.1) is 0 Å². The molecule has 0 saturated carbocycles. The summed E-state index contributed by atoms with van der Waals surface area (Å²) >= 11 is 0. The highest BCUT2D eigenvalue weighted by molar-refractivity contribution is 5.99. The van der Waals surface area contributed by atoms with E-state index in [1.165, 1.54) is 10.8 Å². The SMILES string of the molecule is Cn1c(=O)c(-c2[nH][nH]c(=O)c2C=Nc2cccc3ccccc23)c(O)c2ccccc21. The molecule has 5 rings (SSSR count). The van der Waals surface area contributed by atoms with Crippen LogP contribution in [0.2, 0.25) is 0 Å². The highest BCUT2D eigenvalue weighted by atomic mass is 16.3. The van der Waals surface area contributed by atoms with E-state index in [1.54, 1.807) is 31.3 Å². The Hall–Kier alpha value is -4.39. The Labute approximate surface area is 175 Å². The second-order valence-corrected chi connectivity index (χ2v) is 7.23. The zero-order valence-corrected chi connectivity index (χ0v) is 16.6. The van der Waals surface area contributed by atoms with Gasteiger partial charge < -0.3 is 9.67 Å². The van der Waals surface area contributed by atoms with Gasteiger partial charge in [0.05, 0.1) is 22.5 Å². The van der Waals surface area contributed by atoms with Crippen molar-refractivity contribution in [3.8, 4) is 17.0 Å². The molecule has 0 amide bonds. The number of pyridine rings is 1. The van der Waals surface area contributed by atoms with E-state index in [9.17, 15) is 14.7 Å². The van der Waals surface area contributed by atoms with Gasteiger partial charge in [-0.2, -0.15) is 0 Å². The van der Waals surface area contributed by atoms with Crippen molar-refractivity contribution < 1.29 is 5.11 Å². The monoisotopic (exact) mass is 410 g/mol. The molecule has 3 aromatic carbocycles. The lowest BCUT2D eigenvalue weighted by atomic mass is 10.0. The lowest BCUT2D eigenvalue weighted by Crippen LogP contribution is -2.20. The number of aliphatic imine (C=N–C) groups is 1. The summed E-state index contributed by atoms with van der Waals surface area (Å²) in [5.74, 6) is -0.186. The van der Waals surface area contributed by atoms with Gasteiger partial charge in [0, 0.05) is 24.0 Å². The van der Waals surface area contributed by atoms with E-state index in [4.69, 9.17) is 0 Å². The lowest BCUT2D eigenvalue weighted by Gasteiger charge is -2.11. The molecule has 152 valence electrons. The van der Waals surface area contributed by atoms with Crippen LogP contribution in [0.1, 0.15) is 5.56 Å². The minimum atomic E-state index is -0.436. The minimum absolute atomic E-state index is 0.0129. The molecule has 0 aliphatic carbocycles. The maximum atomic E-state index is 13.0. The number of aromatic amines is 2. The predicted octanol–water partition coefficient (Wildman–Crippen LogP) is 3.83. The Bertz CT molecular complexity index is 1600. The molecule has 31 heavy (non-hydrogen) atoms. The normalized spacial score (nSPS) is 11.6. The molecule has 0 unspecified atom stereocenters. The fraction of sp³-hybridized carbons (Fsp3) is 0.0417. The summed E-state index contributed by atoms with van der Waals surface area (Å²) in [5.41, 5.74) is 0.796. The van der Waals surface area contributed by atoms with Gasteiger partial charge in [-0.3, -0.25) is 24.8 Å². The molecule has 0 radical (unpaired) electrons. The largest absolute Gasteiger partial charge is 0.506 e. The number of hydrogen-bond acceptors (Lipinski definition) is 4. The molecule has 3 N–H and O–H groups in total. The molecular weight excluding hydrogens is 392 g/mol. The molecule has 7 heteroatoms. The Morgan fingerprint density at radius 2 is 1.61 bits per heavy atom. The molecule has 0 atom stereocenters. The van der Waals surface area contributed by atoms with E-state index in [1.807, 2.05) is 42.5 Å². The van der Waals surface area contributed by atoms with Crippen LogP contribution in [0.25, 0.3) is 32.9 Å². The number of H-pyrrole nitrogens is 2. The van der Waals surface area contributed by atoms with Crippen molar-refractivity contribution in [3.05, 3.63) is 93.0 Å². The van der Waals surface area contributed by atoms with E-state index in [0.717, 1.165) is 10.8 Å². The molecule has 2 heterocycles. The van der Waals surface area contributed by atoms with E-state index in [2.05, 4.69) is 15.2 Å². The first-order chi connectivity index (χ1) is 15.1. The summed E-state index contributed by atoms with van der Waals surface area (Å²) in [6.07, 6.45) is 1.42. The van der Waals surface area contributed by atoms with Crippen molar-refractivity contribution in [2.24, 2.45) is 12.0 Å². The average Bonchev–Trinajstić information content (AvgIpc) is 3.16. The second-order valence-electron chi connectivity index (χ2n) is 7.23. The van der Waals surface area contributed by atoms with Gasteiger partial charge in [-0.05, 0) is 23.6 Å². The standard InChI is InChI=1S/C24H18N4O3/c1-28-19-12-5-4-10-16(19)22(29)20(24(28)31)21-17(23(30)27-26-21)13-25-18-11-6-8-14-7-2-3-9-15(14)18/h2-13,29H,1H3,(H2,26,27,30). The lowest BCUT2D eigenvalue weighted by molar-refractivity contribution is 0.481. The molecule has 0 bridgehead atoms. The topological polar surface area (TPSA) is 103 Å². The van der Waals surface area contributed by atoms with Gasteiger partial charge in [-0.15, -0.1) is 0 Å². The van der Waals surface area contributed by atoms with Crippen LogP contribution < -0.4 is 11.1 Å². The molecule has 0 fully saturated rings. The number of rotatable bonds is 3. The van der Waals surface area contributed by atoms with Crippen molar-refractivity contribution in [2.75, 3.05) is 0 Å². The molecular formula is C24H18N4O3. The van der Waals surface area contributed by atoms with Gasteiger partial charge in [-0.1, -0.05) is 48.5 Å². The Morgan fingerprint density at radius 1 is 0.903 bits per heavy atom. The number of aromatic nitrogens is 3. The number of fused-ring (bicyclic) bond motifs is 2. The average molecular weight is 410 g/mol. The number of nitrogens with zero attached hydrogens (tertiary/aromatic N) is 2. The summed E-state index contributed by atoms with van der Waals surface area (Å²) in [7, 11) is 1.63. The zero-order chi connectivity index (χ0) is 21.5. The number of hydrogen-bond donors (Lipinski definition) is 3. The van der Waals surface area contributed by atoms with Crippen molar-refractivity contribution in [3.63, 3.8) is 0 Å². The summed E-state index contributed by atoms with van der Waals surface area (Å²) in [5, 5.41) is 18.6. The Morgan fingerprint density at radius 3 is 2.45 bits per heavy atom. The highest BCUT2D eigenvalue weighted by Crippen LogP contribution is 2.32. The molecule has 0 saturated heterocycles. The van der Waals surface area contributed by atoms with Crippen molar-refractivity contribution >= 4 is 33.6 Å². The summed E-state index contributed by atoms with van der Waals surface area (Å²) in [6.45, 7) is 0. The zero-order valence-electron chi connectivity index (χ0n) is 16.6. The number of para-hydroxylation sites is 1. The van der Waals surface area contributed by atoms with Crippen molar-refractivity contribution in [2.45, 2.75) is 0 Å². The van der Waals surface area contributed by atoms with E-state index < -0.39 is 11.1 Å². The molecule has 5 aromatic rings. The van der Waals surface area contributed by atoms with Gasteiger partial charge >= 0.3 is 0 Å². The molecule has 0 aliphatic heterocycles.